The first-order valence-electron chi connectivity index (χ1n) is 6.35. The molecule has 6 heteroatoms. The molecule has 2 aromatic carbocycles. The number of hydrogen-bond donors (Lipinski definition) is 1. The number of hydrogen-bond acceptors (Lipinski definition) is 3. The van der Waals surface area contributed by atoms with Crippen LogP contribution in [0.25, 0.3) is 0 Å². The van der Waals surface area contributed by atoms with Gasteiger partial charge in [-0.1, -0.05) is 35.3 Å². The third-order valence-corrected chi connectivity index (χ3v) is 3.79. The van der Waals surface area contributed by atoms with Gasteiger partial charge in [-0.2, -0.15) is 0 Å². The van der Waals surface area contributed by atoms with Crippen LogP contribution in [-0.4, -0.2) is 4.92 Å². The molecule has 110 valence electrons. The van der Waals surface area contributed by atoms with Crippen molar-refractivity contribution in [3.8, 4) is 0 Å². The molecule has 2 aromatic rings. The Kier molecular flexibility index (Phi) is 4.70. The average molecular weight is 325 g/mol. The maximum absolute atomic E-state index is 10.8. The largest absolute Gasteiger partial charge is 0.378 e. The van der Waals surface area contributed by atoms with Crippen molar-refractivity contribution in [3.63, 3.8) is 0 Å². The molecule has 4 nitrogen and oxygen atoms in total. The van der Waals surface area contributed by atoms with Crippen molar-refractivity contribution in [1.82, 2.24) is 0 Å². The second kappa shape index (κ2) is 6.33. The fraction of sp³-hybridized carbons (Fsp3) is 0.200. The summed E-state index contributed by atoms with van der Waals surface area (Å²) < 4.78 is 0. The lowest BCUT2D eigenvalue weighted by Gasteiger charge is -2.18. The Morgan fingerprint density at radius 2 is 1.81 bits per heavy atom. The van der Waals surface area contributed by atoms with Crippen LogP contribution in [0.1, 0.15) is 24.1 Å². The quantitative estimate of drug-likeness (QED) is 0.606. The van der Waals surface area contributed by atoms with Gasteiger partial charge in [0.05, 0.1) is 4.92 Å². The lowest BCUT2D eigenvalue weighted by molar-refractivity contribution is -0.384. The highest BCUT2D eigenvalue weighted by molar-refractivity contribution is 6.33. The van der Waals surface area contributed by atoms with E-state index >= 15 is 0 Å². The monoisotopic (exact) mass is 324 g/mol. The van der Waals surface area contributed by atoms with E-state index in [2.05, 4.69) is 5.32 Å². The lowest BCUT2D eigenvalue weighted by atomic mass is 10.1. The van der Waals surface area contributed by atoms with Crippen LogP contribution in [0, 0.1) is 17.0 Å². The molecule has 0 amide bonds. The molecule has 0 aromatic heterocycles. The van der Waals surface area contributed by atoms with Crippen molar-refractivity contribution >= 4 is 34.6 Å². The van der Waals surface area contributed by atoms with Crippen molar-refractivity contribution in [2.75, 3.05) is 5.32 Å². The van der Waals surface area contributed by atoms with E-state index in [9.17, 15) is 10.1 Å². The van der Waals surface area contributed by atoms with Crippen LogP contribution >= 0.6 is 23.2 Å². The van der Waals surface area contributed by atoms with Gasteiger partial charge in [-0.25, -0.2) is 0 Å². The van der Waals surface area contributed by atoms with E-state index < -0.39 is 4.92 Å². The van der Waals surface area contributed by atoms with Gasteiger partial charge < -0.3 is 5.32 Å². The van der Waals surface area contributed by atoms with Crippen molar-refractivity contribution in [2.45, 2.75) is 19.9 Å². The van der Waals surface area contributed by atoms with Crippen molar-refractivity contribution in [3.05, 3.63) is 67.7 Å². The number of nitrogens with one attached hydrogen (secondary N) is 1. The zero-order valence-electron chi connectivity index (χ0n) is 11.6. The van der Waals surface area contributed by atoms with E-state index in [1.807, 2.05) is 31.2 Å². The lowest BCUT2D eigenvalue weighted by Crippen LogP contribution is -2.08. The van der Waals surface area contributed by atoms with Crippen molar-refractivity contribution in [1.29, 1.82) is 0 Å². The van der Waals surface area contributed by atoms with Gasteiger partial charge in [0.2, 0.25) is 0 Å². The first-order valence-corrected chi connectivity index (χ1v) is 7.10. The number of nitro groups is 1. The summed E-state index contributed by atoms with van der Waals surface area (Å²) in [5, 5.41) is 15.0. The summed E-state index contributed by atoms with van der Waals surface area (Å²) in [6.45, 7) is 3.80. The molecule has 0 fully saturated rings. The molecular formula is C15H14Cl2N2O2. The number of aryl methyl sites for hydroxylation is 1. The summed E-state index contributed by atoms with van der Waals surface area (Å²) in [6, 6.07) is 10.6. The Bertz CT molecular complexity index is 672. The van der Waals surface area contributed by atoms with Crippen LogP contribution in [0.4, 0.5) is 11.4 Å². The molecule has 0 aliphatic carbocycles. The molecule has 0 aliphatic heterocycles. The van der Waals surface area contributed by atoms with Crippen LogP contribution in [0.2, 0.25) is 10.0 Å². The summed E-state index contributed by atoms with van der Waals surface area (Å²) in [6.07, 6.45) is 0. The minimum Gasteiger partial charge on any atom is -0.378 e. The maximum atomic E-state index is 10.8. The van der Waals surface area contributed by atoms with E-state index in [0.717, 1.165) is 16.8 Å². The minimum atomic E-state index is -0.484. The number of nitro benzene ring substituents is 1. The number of anilines is 1. The Morgan fingerprint density at radius 1 is 1.19 bits per heavy atom. The van der Waals surface area contributed by atoms with Crippen LogP contribution in [0.5, 0.6) is 0 Å². The van der Waals surface area contributed by atoms with Gasteiger partial charge in [-0.3, -0.25) is 10.1 Å². The highest BCUT2D eigenvalue weighted by atomic mass is 35.5. The van der Waals surface area contributed by atoms with Crippen LogP contribution in [0.15, 0.2) is 36.4 Å². The summed E-state index contributed by atoms with van der Waals surface area (Å²) >= 11 is 11.8. The van der Waals surface area contributed by atoms with E-state index in [1.165, 1.54) is 6.07 Å². The molecule has 0 saturated heterocycles. The number of rotatable bonds is 4. The minimum absolute atomic E-state index is 0.0264. The standard InChI is InChI=1S/C15H14Cl2N2O2/c1-9-7-15(19(20)21)13(17)8-14(9)18-10(2)11-3-5-12(16)6-4-11/h3-8,10,18H,1-2H3. The molecular weight excluding hydrogens is 311 g/mol. The zero-order valence-corrected chi connectivity index (χ0v) is 13.1. The number of nitrogens with zero attached hydrogens (tertiary/aromatic N) is 1. The van der Waals surface area contributed by atoms with Gasteiger partial charge >= 0.3 is 0 Å². The van der Waals surface area contributed by atoms with E-state index in [4.69, 9.17) is 23.2 Å². The molecule has 2 rings (SSSR count). The fourth-order valence-electron chi connectivity index (χ4n) is 2.03. The first kappa shape index (κ1) is 15.6. The summed E-state index contributed by atoms with van der Waals surface area (Å²) in [5.74, 6) is 0. The zero-order chi connectivity index (χ0) is 15.6. The second-order valence-electron chi connectivity index (χ2n) is 4.79. The third-order valence-electron chi connectivity index (χ3n) is 3.23. The molecule has 0 aliphatic rings. The molecule has 1 unspecified atom stereocenters. The Morgan fingerprint density at radius 3 is 2.38 bits per heavy atom. The van der Waals surface area contributed by atoms with Crippen molar-refractivity contribution in [2.24, 2.45) is 0 Å². The van der Waals surface area contributed by atoms with Gasteiger partial charge in [0.1, 0.15) is 5.02 Å². The predicted octanol–water partition coefficient (Wildman–Crippen LogP) is 5.38. The van der Waals surface area contributed by atoms with Gasteiger partial charge in [0.15, 0.2) is 0 Å². The van der Waals surface area contributed by atoms with Gasteiger partial charge in [0.25, 0.3) is 5.69 Å². The highest BCUT2D eigenvalue weighted by Crippen LogP contribution is 2.32. The van der Waals surface area contributed by atoms with Gasteiger partial charge in [-0.05, 0) is 43.2 Å². The molecule has 1 N–H and O–H groups in total. The Balaban J connectivity index is 2.25. The topological polar surface area (TPSA) is 55.2 Å². The normalized spacial score (nSPS) is 12.0. The smallest absolute Gasteiger partial charge is 0.288 e. The van der Waals surface area contributed by atoms with Crippen LogP contribution < -0.4 is 5.32 Å². The molecule has 0 heterocycles. The number of halogens is 2. The summed E-state index contributed by atoms with van der Waals surface area (Å²) in [4.78, 5) is 10.4. The average Bonchev–Trinajstić information content (AvgIpc) is 2.42. The first-order chi connectivity index (χ1) is 9.88. The van der Waals surface area contributed by atoms with Crippen molar-refractivity contribution < 1.29 is 4.92 Å². The molecule has 0 radical (unpaired) electrons. The fourth-order valence-corrected chi connectivity index (χ4v) is 2.39. The van der Waals surface area contributed by atoms with E-state index in [-0.39, 0.29) is 16.8 Å². The highest BCUT2D eigenvalue weighted by Gasteiger charge is 2.16. The second-order valence-corrected chi connectivity index (χ2v) is 5.64. The Hall–Kier alpha value is -1.78. The van der Waals surface area contributed by atoms with Crippen LogP contribution in [0.3, 0.4) is 0 Å². The summed E-state index contributed by atoms with van der Waals surface area (Å²) in [7, 11) is 0. The molecule has 1 atom stereocenters. The third kappa shape index (κ3) is 3.65. The molecule has 0 spiro atoms. The molecule has 0 saturated carbocycles. The summed E-state index contributed by atoms with van der Waals surface area (Å²) in [5.41, 5.74) is 2.52. The predicted molar refractivity (Wildman–Crippen MR) is 86.3 cm³/mol. The number of benzene rings is 2. The Labute approximate surface area is 132 Å². The van der Waals surface area contributed by atoms with E-state index in [0.29, 0.717) is 5.02 Å². The maximum Gasteiger partial charge on any atom is 0.288 e. The van der Waals surface area contributed by atoms with E-state index in [1.54, 1.807) is 13.0 Å². The van der Waals surface area contributed by atoms with Crippen LogP contribution in [-0.2, 0) is 0 Å². The van der Waals surface area contributed by atoms with Gasteiger partial charge in [-0.15, -0.1) is 0 Å². The molecule has 0 bridgehead atoms. The molecule has 21 heavy (non-hydrogen) atoms. The van der Waals surface area contributed by atoms with Gasteiger partial charge in [0, 0.05) is 22.8 Å². The SMILES string of the molecule is Cc1cc([N+](=O)[O-])c(Cl)cc1NC(C)c1ccc(Cl)cc1.